The standard InChI is InChI=1S/C7H12O2S2/c1-5-2-6(8)3-7(9)11-10-4-5/h1,5-9H,2-4H2. The van der Waals surface area contributed by atoms with Crippen molar-refractivity contribution in [3.63, 3.8) is 0 Å². The molecular weight excluding hydrogens is 180 g/mol. The van der Waals surface area contributed by atoms with Crippen LogP contribution in [0.3, 0.4) is 0 Å². The van der Waals surface area contributed by atoms with Crippen molar-refractivity contribution in [2.24, 2.45) is 5.92 Å². The summed E-state index contributed by atoms with van der Waals surface area (Å²) in [6.45, 7) is 5.66. The third kappa shape index (κ3) is 3.69. The Morgan fingerprint density at radius 3 is 2.73 bits per heavy atom. The minimum Gasteiger partial charge on any atom is -0.393 e. The molecule has 1 fully saturated rings. The summed E-state index contributed by atoms with van der Waals surface area (Å²) in [6.07, 6.45) is 0.601. The van der Waals surface area contributed by atoms with Crippen LogP contribution >= 0.6 is 21.6 Å². The Balaban J connectivity index is 2.34. The predicted molar refractivity (Wildman–Crippen MR) is 49.1 cm³/mol. The second-order valence-electron chi connectivity index (χ2n) is 2.72. The predicted octanol–water partition coefficient (Wildman–Crippen LogP) is 1.17. The second kappa shape index (κ2) is 4.60. The van der Waals surface area contributed by atoms with E-state index in [9.17, 15) is 10.2 Å². The fourth-order valence-electron chi connectivity index (χ4n) is 0.991. The van der Waals surface area contributed by atoms with E-state index in [-0.39, 0.29) is 5.92 Å². The maximum Gasteiger partial charge on any atom is 0.112 e. The molecule has 0 bridgehead atoms. The van der Waals surface area contributed by atoms with E-state index in [4.69, 9.17) is 6.92 Å². The van der Waals surface area contributed by atoms with E-state index in [1.165, 1.54) is 10.8 Å². The summed E-state index contributed by atoms with van der Waals surface area (Å²) in [5.41, 5.74) is -0.442. The lowest BCUT2D eigenvalue weighted by atomic mass is 10.0. The molecule has 1 aliphatic heterocycles. The van der Waals surface area contributed by atoms with Gasteiger partial charge < -0.3 is 10.2 Å². The van der Waals surface area contributed by atoms with E-state index >= 15 is 0 Å². The first-order chi connectivity index (χ1) is 5.18. The Hall–Kier alpha value is 0.620. The molecule has 1 rings (SSSR count). The molecule has 0 spiro atoms. The fourth-order valence-corrected chi connectivity index (χ4v) is 3.31. The summed E-state index contributed by atoms with van der Waals surface area (Å²) in [7, 11) is 2.97. The van der Waals surface area contributed by atoms with Gasteiger partial charge in [-0.3, -0.25) is 0 Å². The molecule has 3 atom stereocenters. The smallest absolute Gasteiger partial charge is 0.112 e. The summed E-state index contributed by atoms with van der Waals surface area (Å²) < 4.78 is 0. The maximum absolute atomic E-state index is 9.29. The van der Waals surface area contributed by atoms with Crippen LogP contribution in [0.1, 0.15) is 12.8 Å². The van der Waals surface area contributed by atoms with Crippen LogP contribution in [-0.2, 0) is 0 Å². The zero-order valence-electron chi connectivity index (χ0n) is 6.14. The lowest BCUT2D eigenvalue weighted by Gasteiger charge is -2.21. The van der Waals surface area contributed by atoms with Gasteiger partial charge in [-0.25, -0.2) is 0 Å². The van der Waals surface area contributed by atoms with E-state index in [0.717, 1.165) is 5.75 Å². The van der Waals surface area contributed by atoms with Crippen molar-refractivity contribution in [2.75, 3.05) is 5.75 Å². The zero-order chi connectivity index (χ0) is 8.27. The van der Waals surface area contributed by atoms with Crippen LogP contribution in [0.25, 0.3) is 0 Å². The topological polar surface area (TPSA) is 40.5 Å². The van der Waals surface area contributed by atoms with Crippen LogP contribution < -0.4 is 0 Å². The molecule has 2 radical (unpaired) electrons. The molecule has 3 unspecified atom stereocenters. The molecule has 1 aliphatic rings. The van der Waals surface area contributed by atoms with Crippen molar-refractivity contribution >= 4 is 21.6 Å². The van der Waals surface area contributed by atoms with Crippen LogP contribution in [0.4, 0.5) is 0 Å². The molecular formula is C7H12O2S2. The van der Waals surface area contributed by atoms with Gasteiger partial charge in [-0.1, -0.05) is 21.6 Å². The first-order valence-electron chi connectivity index (χ1n) is 3.58. The SMILES string of the molecule is [CH]C1CSSC(O)CC(O)C1. The van der Waals surface area contributed by atoms with E-state index in [2.05, 4.69) is 0 Å². The molecule has 0 aromatic carbocycles. The van der Waals surface area contributed by atoms with Gasteiger partial charge in [-0.2, -0.15) is 0 Å². The highest BCUT2D eigenvalue weighted by atomic mass is 33.1. The molecule has 2 N–H and O–H groups in total. The van der Waals surface area contributed by atoms with Crippen molar-refractivity contribution < 1.29 is 10.2 Å². The van der Waals surface area contributed by atoms with E-state index in [1.807, 2.05) is 0 Å². The molecule has 11 heavy (non-hydrogen) atoms. The molecule has 4 heteroatoms. The van der Waals surface area contributed by atoms with Crippen LogP contribution in [0.2, 0.25) is 0 Å². The molecule has 1 heterocycles. The summed E-state index contributed by atoms with van der Waals surface area (Å²) in [6, 6.07) is 0. The van der Waals surface area contributed by atoms with Crippen molar-refractivity contribution in [2.45, 2.75) is 24.4 Å². The first kappa shape index (κ1) is 9.71. The largest absolute Gasteiger partial charge is 0.393 e. The zero-order valence-corrected chi connectivity index (χ0v) is 7.77. The number of hydrogen-bond acceptors (Lipinski definition) is 4. The Labute approximate surface area is 75.2 Å². The normalized spacial score (nSPS) is 41.2. The number of hydrogen-bond donors (Lipinski definition) is 2. The minimum atomic E-state index is -0.442. The summed E-state index contributed by atoms with van der Waals surface area (Å²) in [5, 5.41) is 18.5. The number of rotatable bonds is 0. The molecule has 0 saturated carbocycles. The van der Waals surface area contributed by atoms with Gasteiger partial charge in [0.15, 0.2) is 0 Å². The van der Waals surface area contributed by atoms with E-state index < -0.39 is 11.5 Å². The van der Waals surface area contributed by atoms with Gasteiger partial charge in [0, 0.05) is 12.2 Å². The third-order valence-electron chi connectivity index (χ3n) is 1.51. The number of aliphatic hydroxyl groups excluding tert-OH is 2. The number of aliphatic hydroxyl groups is 2. The average molecular weight is 192 g/mol. The molecule has 0 aromatic rings. The van der Waals surface area contributed by atoms with Gasteiger partial charge in [0.05, 0.1) is 6.10 Å². The van der Waals surface area contributed by atoms with Gasteiger partial charge in [0.25, 0.3) is 0 Å². The lowest BCUT2D eigenvalue weighted by molar-refractivity contribution is 0.106. The van der Waals surface area contributed by atoms with E-state index in [0.29, 0.717) is 12.8 Å². The Morgan fingerprint density at radius 1 is 1.27 bits per heavy atom. The quantitative estimate of drug-likeness (QED) is 0.565. The van der Waals surface area contributed by atoms with Crippen LogP contribution in [0.15, 0.2) is 0 Å². The average Bonchev–Trinajstić information content (AvgIpc) is 1.83. The Morgan fingerprint density at radius 2 is 2.00 bits per heavy atom. The second-order valence-corrected chi connectivity index (χ2v) is 5.31. The summed E-state index contributed by atoms with van der Waals surface area (Å²) >= 11 is 0. The highest BCUT2D eigenvalue weighted by Gasteiger charge is 2.19. The summed E-state index contributed by atoms with van der Waals surface area (Å²) in [4.78, 5) is 0. The molecule has 0 aliphatic carbocycles. The van der Waals surface area contributed by atoms with Gasteiger partial charge in [-0.15, -0.1) is 0 Å². The molecule has 2 nitrogen and oxygen atoms in total. The van der Waals surface area contributed by atoms with Crippen molar-refractivity contribution in [1.82, 2.24) is 0 Å². The fraction of sp³-hybridized carbons (Fsp3) is 0.857. The molecule has 0 aromatic heterocycles. The van der Waals surface area contributed by atoms with E-state index in [1.54, 1.807) is 10.8 Å². The molecule has 0 amide bonds. The highest BCUT2D eigenvalue weighted by molar-refractivity contribution is 8.76. The van der Waals surface area contributed by atoms with Gasteiger partial charge in [-0.05, 0) is 19.3 Å². The van der Waals surface area contributed by atoms with Crippen LogP contribution in [0.5, 0.6) is 0 Å². The van der Waals surface area contributed by atoms with Crippen molar-refractivity contribution in [1.29, 1.82) is 0 Å². The van der Waals surface area contributed by atoms with Gasteiger partial charge in [0.1, 0.15) is 5.44 Å². The molecule has 64 valence electrons. The van der Waals surface area contributed by atoms with Gasteiger partial charge >= 0.3 is 0 Å². The Bertz CT molecular complexity index is 109. The van der Waals surface area contributed by atoms with Crippen LogP contribution in [0, 0.1) is 12.8 Å². The first-order valence-corrected chi connectivity index (χ1v) is 5.96. The summed E-state index contributed by atoms with van der Waals surface area (Å²) in [5.74, 6) is 0.869. The van der Waals surface area contributed by atoms with Crippen LogP contribution in [-0.4, -0.2) is 27.5 Å². The minimum absolute atomic E-state index is 0.0648. The maximum atomic E-state index is 9.29. The van der Waals surface area contributed by atoms with Crippen molar-refractivity contribution in [3.05, 3.63) is 6.92 Å². The van der Waals surface area contributed by atoms with Crippen molar-refractivity contribution in [3.8, 4) is 0 Å². The highest BCUT2D eigenvalue weighted by Crippen LogP contribution is 2.33. The third-order valence-corrected chi connectivity index (χ3v) is 4.11. The monoisotopic (exact) mass is 192 g/mol. The lowest BCUT2D eigenvalue weighted by Crippen LogP contribution is -2.20. The Kier molecular flexibility index (Phi) is 4.06. The van der Waals surface area contributed by atoms with Gasteiger partial charge in [0.2, 0.25) is 0 Å². The molecule has 1 saturated heterocycles.